The van der Waals surface area contributed by atoms with Gasteiger partial charge in [0.05, 0.1) is 5.69 Å². The Morgan fingerprint density at radius 2 is 1.83 bits per heavy atom. The van der Waals surface area contributed by atoms with Gasteiger partial charge in [0.2, 0.25) is 0 Å². The molecule has 18 heavy (non-hydrogen) atoms. The quantitative estimate of drug-likeness (QED) is 0.773. The van der Waals surface area contributed by atoms with Gasteiger partial charge in [-0.15, -0.1) is 0 Å². The molecule has 0 fully saturated rings. The fourth-order valence-corrected chi connectivity index (χ4v) is 2.29. The zero-order valence-corrected chi connectivity index (χ0v) is 13.0. The first-order valence-electron chi connectivity index (χ1n) is 5.50. The molecular weight excluding hydrogens is 361 g/mol. The summed E-state index contributed by atoms with van der Waals surface area (Å²) in [6, 6.07) is 11.0. The summed E-state index contributed by atoms with van der Waals surface area (Å²) in [6.07, 6.45) is 0. The van der Waals surface area contributed by atoms with Gasteiger partial charge in [-0.05, 0) is 74.2 Å². The third kappa shape index (κ3) is 3.33. The Bertz CT molecular complexity index is 570. The van der Waals surface area contributed by atoms with Crippen LogP contribution in [-0.4, -0.2) is 0 Å². The molecule has 94 valence electrons. The van der Waals surface area contributed by atoms with Gasteiger partial charge in [-0.25, -0.2) is 4.39 Å². The topological polar surface area (TPSA) is 12.0 Å². The fraction of sp³-hybridized carbons (Fsp3) is 0.143. The van der Waals surface area contributed by atoms with Crippen LogP contribution >= 0.6 is 31.9 Å². The number of nitrogens with one attached hydrogen (secondary N) is 1. The average molecular weight is 373 g/mol. The summed E-state index contributed by atoms with van der Waals surface area (Å²) in [4.78, 5) is 0. The summed E-state index contributed by atoms with van der Waals surface area (Å²) >= 11 is 6.87. The Morgan fingerprint density at radius 1 is 1.06 bits per heavy atom. The Hall–Kier alpha value is -0.870. The van der Waals surface area contributed by atoms with E-state index in [2.05, 4.69) is 37.2 Å². The van der Waals surface area contributed by atoms with Gasteiger partial charge in [0.1, 0.15) is 5.82 Å². The number of halogens is 3. The number of benzene rings is 2. The normalized spacial score (nSPS) is 10.4. The van der Waals surface area contributed by atoms with Crippen molar-refractivity contribution < 1.29 is 4.39 Å². The molecule has 0 saturated heterocycles. The van der Waals surface area contributed by atoms with Gasteiger partial charge in [-0.1, -0.05) is 12.1 Å². The molecule has 0 aromatic heterocycles. The van der Waals surface area contributed by atoms with Crippen LogP contribution in [-0.2, 0) is 6.54 Å². The highest BCUT2D eigenvalue weighted by atomic mass is 79.9. The van der Waals surface area contributed by atoms with Crippen molar-refractivity contribution in [1.82, 2.24) is 0 Å². The third-order valence-corrected chi connectivity index (χ3v) is 4.47. The number of hydrogen-bond donors (Lipinski definition) is 1. The molecule has 0 amide bonds. The lowest BCUT2D eigenvalue weighted by atomic mass is 10.2. The zero-order chi connectivity index (χ0) is 13.1. The first-order valence-corrected chi connectivity index (χ1v) is 7.09. The fourth-order valence-electron chi connectivity index (χ4n) is 1.62. The molecule has 0 spiro atoms. The van der Waals surface area contributed by atoms with Crippen LogP contribution in [0.25, 0.3) is 0 Å². The summed E-state index contributed by atoms with van der Waals surface area (Å²) in [5.41, 5.74) is 2.66. The van der Waals surface area contributed by atoms with Crippen molar-refractivity contribution in [3.05, 3.63) is 62.3 Å². The van der Waals surface area contributed by atoms with Crippen LogP contribution in [0.5, 0.6) is 0 Å². The lowest BCUT2D eigenvalue weighted by Crippen LogP contribution is -2.01. The van der Waals surface area contributed by atoms with E-state index in [1.165, 1.54) is 6.07 Å². The molecule has 0 unspecified atom stereocenters. The third-order valence-electron chi connectivity index (χ3n) is 2.59. The second kappa shape index (κ2) is 5.85. The van der Waals surface area contributed by atoms with E-state index in [1.807, 2.05) is 31.2 Å². The summed E-state index contributed by atoms with van der Waals surface area (Å²) in [6.45, 7) is 2.53. The SMILES string of the molecule is Cc1ccc(F)c(NCc2ccc(Br)c(Br)c2)c1. The monoisotopic (exact) mass is 371 g/mol. The number of anilines is 1. The van der Waals surface area contributed by atoms with Gasteiger partial charge < -0.3 is 5.32 Å². The Balaban J connectivity index is 2.11. The van der Waals surface area contributed by atoms with Gasteiger partial charge >= 0.3 is 0 Å². The van der Waals surface area contributed by atoms with Gasteiger partial charge in [0.15, 0.2) is 0 Å². The first-order chi connectivity index (χ1) is 8.56. The maximum atomic E-state index is 13.5. The molecule has 0 aliphatic rings. The molecule has 0 heterocycles. The molecule has 0 radical (unpaired) electrons. The summed E-state index contributed by atoms with van der Waals surface area (Å²) in [5, 5.41) is 3.11. The molecular formula is C14H12Br2FN. The van der Waals surface area contributed by atoms with Gasteiger partial charge in [0, 0.05) is 15.5 Å². The smallest absolute Gasteiger partial charge is 0.146 e. The summed E-state index contributed by atoms with van der Waals surface area (Å²) in [5.74, 6) is -0.225. The highest BCUT2D eigenvalue weighted by molar-refractivity contribution is 9.13. The van der Waals surface area contributed by atoms with Gasteiger partial charge in [-0.2, -0.15) is 0 Å². The van der Waals surface area contributed by atoms with Crippen molar-refractivity contribution in [2.24, 2.45) is 0 Å². The minimum Gasteiger partial charge on any atom is -0.379 e. The highest BCUT2D eigenvalue weighted by Crippen LogP contribution is 2.24. The maximum absolute atomic E-state index is 13.5. The Labute approximate surface area is 123 Å². The number of aryl methyl sites for hydroxylation is 1. The Kier molecular flexibility index (Phi) is 4.40. The highest BCUT2D eigenvalue weighted by Gasteiger charge is 2.03. The van der Waals surface area contributed by atoms with Crippen molar-refractivity contribution in [2.45, 2.75) is 13.5 Å². The van der Waals surface area contributed by atoms with Crippen LogP contribution in [0.1, 0.15) is 11.1 Å². The molecule has 2 aromatic carbocycles. The average Bonchev–Trinajstić information content (AvgIpc) is 2.34. The second-order valence-corrected chi connectivity index (χ2v) is 5.79. The number of rotatable bonds is 3. The predicted octanol–water partition coefficient (Wildman–Crippen LogP) is 5.27. The van der Waals surface area contributed by atoms with Crippen LogP contribution in [0.15, 0.2) is 45.3 Å². The zero-order valence-electron chi connectivity index (χ0n) is 9.81. The molecule has 2 rings (SSSR count). The van der Waals surface area contributed by atoms with Crippen molar-refractivity contribution in [1.29, 1.82) is 0 Å². The number of hydrogen-bond acceptors (Lipinski definition) is 1. The molecule has 0 atom stereocenters. The van der Waals surface area contributed by atoms with Crippen molar-refractivity contribution in [3.63, 3.8) is 0 Å². The van der Waals surface area contributed by atoms with Gasteiger partial charge in [-0.3, -0.25) is 0 Å². The van der Waals surface area contributed by atoms with E-state index in [9.17, 15) is 4.39 Å². The minimum atomic E-state index is -0.225. The van der Waals surface area contributed by atoms with E-state index in [0.717, 1.165) is 20.1 Å². The van der Waals surface area contributed by atoms with Crippen LogP contribution in [0, 0.1) is 12.7 Å². The van der Waals surface area contributed by atoms with E-state index in [-0.39, 0.29) is 5.82 Å². The van der Waals surface area contributed by atoms with E-state index >= 15 is 0 Å². The lowest BCUT2D eigenvalue weighted by Gasteiger charge is -2.09. The molecule has 1 N–H and O–H groups in total. The standard InChI is InChI=1S/C14H12Br2FN/c1-9-2-5-13(17)14(6-9)18-8-10-3-4-11(15)12(16)7-10/h2-7,18H,8H2,1H3. The largest absolute Gasteiger partial charge is 0.379 e. The van der Waals surface area contributed by atoms with Crippen LogP contribution < -0.4 is 5.32 Å². The molecule has 0 aliphatic heterocycles. The summed E-state index contributed by atoms with van der Waals surface area (Å²) in [7, 11) is 0. The van der Waals surface area contributed by atoms with E-state index < -0.39 is 0 Å². The van der Waals surface area contributed by atoms with Crippen LogP contribution in [0.2, 0.25) is 0 Å². The summed E-state index contributed by atoms with van der Waals surface area (Å²) < 4.78 is 15.5. The maximum Gasteiger partial charge on any atom is 0.146 e. The predicted molar refractivity (Wildman–Crippen MR) is 80.3 cm³/mol. The van der Waals surface area contributed by atoms with Crippen LogP contribution in [0.3, 0.4) is 0 Å². The first kappa shape index (κ1) is 13.6. The molecule has 0 saturated carbocycles. The van der Waals surface area contributed by atoms with E-state index in [4.69, 9.17) is 0 Å². The minimum absolute atomic E-state index is 0.225. The van der Waals surface area contributed by atoms with Gasteiger partial charge in [0.25, 0.3) is 0 Å². The second-order valence-electron chi connectivity index (χ2n) is 4.09. The van der Waals surface area contributed by atoms with E-state index in [0.29, 0.717) is 12.2 Å². The van der Waals surface area contributed by atoms with Crippen LogP contribution in [0.4, 0.5) is 10.1 Å². The lowest BCUT2D eigenvalue weighted by molar-refractivity contribution is 0.629. The van der Waals surface area contributed by atoms with Crippen molar-refractivity contribution in [2.75, 3.05) is 5.32 Å². The van der Waals surface area contributed by atoms with Crippen molar-refractivity contribution in [3.8, 4) is 0 Å². The molecule has 1 nitrogen and oxygen atoms in total. The molecule has 0 bridgehead atoms. The molecule has 4 heteroatoms. The molecule has 2 aromatic rings. The van der Waals surface area contributed by atoms with Crippen molar-refractivity contribution >= 4 is 37.5 Å². The van der Waals surface area contributed by atoms with E-state index in [1.54, 1.807) is 6.07 Å². The Morgan fingerprint density at radius 3 is 2.56 bits per heavy atom. The molecule has 0 aliphatic carbocycles.